The van der Waals surface area contributed by atoms with Crippen LogP contribution < -0.4 is 0 Å². The van der Waals surface area contributed by atoms with Gasteiger partial charge in [-0.25, -0.2) is 0 Å². The SMILES string of the molecule is CC(=O)/C(C=NCCN=C/C(C(C)=O)=C(/C)O)=C(\C)O. The first-order valence-corrected chi connectivity index (χ1v) is 6.08. The molecular weight excluding hydrogens is 260 g/mol. The van der Waals surface area contributed by atoms with Gasteiger partial charge in [0.25, 0.3) is 0 Å². The van der Waals surface area contributed by atoms with Crippen LogP contribution in [0.25, 0.3) is 0 Å². The Kier molecular flexibility index (Phi) is 7.81. The van der Waals surface area contributed by atoms with E-state index in [1.165, 1.54) is 40.1 Å². The van der Waals surface area contributed by atoms with E-state index in [-0.39, 0.29) is 34.2 Å². The first-order chi connectivity index (χ1) is 9.27. The van der Waals surface area contributed by atoms with Crippen LogP contribution in [0.5, 0.6) is 0 Å². The van der Waals surface area contributed by atoms with Crippen LogP contribution in [0.4, 0.5) is 0 Å². The summed E-state index contributed by atoms with van der Waals surface area (Å²) < 4.78 is 0. The summed E-state index contributed by atoms with van der Waals surface area (Å²) in [5, 5.41) is 18.5. The van der Waals surface area contributed by atoms with E-state index in [9.17, 15) is 19.8 Å². The molecule has 0 radical (unpaired) electrons. The van der Waals surface area contributed by atoms with Crippen LogP contribution in [0.2, 0.25) is 0 Å². The molecule has 0 aromatic carbocycles. The van der Waals surface area contributed by atoms with E-state index in [1.807, 2.05) is 0 Å². The molecule has 0 fully saturated rings. The minimum Gasteiger partial charge on any atom is -0.512 e. The Morgan fingerprint density at radius 1 is 0.800 bits per heavy atom. The summed E-state index contributed by atoms with van der Waals surface area (Å²) in [6.45, 7) is 6.11. The molecule has 0 rings (SSSR count). The van der Waals surface area contributed by atoms with Gasteiger partial charge in [0.05, 0.1) is 24.2 Å². The number of carbonyl (C=O) groups excluding carboxylic acids is 2. The third-order valence-corrected chi connectivity index (χ3v) is 2.34. The summed E-state index contributed by atoms with van der Waals surface area (Å²) in [4.78, 5) is 30.2. The molecular formula is C14H20N2O4. The zero-order valence-corrected chi connectivity index (χ0v) is 12.2. The highest BCUT2D eigenvalue weighted by Crippen LogP contribution is 2.00. The molecule has 0 aliphatic heterocycles. The standard InChI is InChI=1S/C14H20N2O4/c1-9(17)13(10(2)18)7-15-5-6-16-8-14(11(3)19)12(4)20/h7-8,17,19H,5-6H2,1-4H3/b13-9+,14-11+,15-7?,16-8?. The fourth-order valence-corrected chi connectivity index (χ4v) is 1.31. The average Bonchev–Trinajstić information content (AvgIpc) is 2.30. The second kappa shape index (κ2) is 8.79. The Bertz CT molecular complexity index is 445. The number of hydrogen-bond acceptors (Lipinski definition) is 6. The number of allylic oxidation sites excluding steroid dienone is 4. The van der Waals surface area contributed by atoms with Crippen molar-refractivity contribution in [2.75, 3.05) is 13.1 Å². The molecule has 0 aromatic heterocycles. The predicted octanol–water partition coefficient (Wildman–Crippen LogP) is 1.97. The number of nitrogens with zero attached hydrogens (tertiary/aromatic N) is 2. The van der Waals surface area contributed by atoms with E-state index in [0.717, 1.165) is 0 Å². The summed E-state index contributed by atoms with van der Waals surface area (Å²) in [6.07, 6.45) is 2.60. The van der Waals surface area contributed by atoms with Crippen molar-refractivity contribution in [2.45, 2.75) is 27.7 Å². The van der Waals surface area contributed by atoms with Gasteiger partial charge in [0.2, 0.25) is 0 Å². The smallest absolute Gasteiger partial charge is 0.164 e. The Hall–Kier alpha value is -2.24. The molecule has 0 atom stereocenters. The number of carbonyl (C=O) groups is 2. The van der Waals surface area contributed by atoms with Crippen LogP contribution in [0, 0.1) is 0 Å². The predicted molar refractivity (Wildman–Crippen MR) is 78.7 cm³/mol. The van der Waals surface area contributed by atoms with Gasteiger partial charge in [0.15, 0.2) is 11.6 Å². The maximum Gasteiger partial charge on any atom is 0.164 e. The van der Waals surface area contributed by atoms with Crippen molar-refractivity contribution in [2.24, 2.45) is 9.98 Å². The van der Waals surface area contributed by atoms with E-state index < -0.39 is 0 Å². The van der Waals surface area contributed by atoms with E-state index >= 15 is 0 Å². The summed E-state index contributed by atoms with van der Waals surface area (Å²) in [7, 11) is 0. The van der Waals surface area contributed by atoms with Crippen molar-refractivity contribution in [1.82, 2.24) is 0 Å². The minimum atomic E-state index is -0.269. The van der Waals surface area contributed by atoms with Crippen LogP contribution in [-0.4, -0.2) is 47.3 Å². The Labute approximate surface area is 118 Å². The van der Waals surface area contributed by atoms with E-state index in [2.05, 4.69) is 9.98 Å². The zero-order valence-electron chi connectivity index (χ0n) is 12.2. The lowest BCUT2D eigenvalue weighted by molar-refractivity contribution is -0.114. The Morgan fingerprint density at radius 2 is 1.10 bits per heavy atom. The van der Waals surface area contributed by atoms with Crippen molar-refractivity contribution < 1.29 is 19.8 Å². The van der Waals surface area contributed by atoms with Crippen LogP contribution in [0.3, 0.4) is 0 Å². The fourth-order valence-electron chi connectivity index (χ4n) is 1.31. The van der Waals surface area contributed by atoms with Crippen molar-refractivity contribution >= 4 is 24.0 Å². The molecule has 20 heavy (non-hydrogen) atoms. The van der Waals surface area contributed by atoms with Crippen LogP contribution in [0.15, 0.2) is 32.6 Å². The van der Waals surface area contributed by atoms with Gasteiger partial charge in [-0.15, -0.1) is 0 Å². The topological polar surface area (TPSA) is 99.3 Å². The maximum atomic E-state index is 11.1. The summed E-state index contributed by atoms with van der Waals surface area (Å²) >= 11 is 0. The minimum absolute atomic E-state index is 0.0811. The normalized spacial score (nSPS) is 14.4. The number of rotatable bonds is 7. The molecule has 110 valence electrons. The second-order valence-corrected chi connectivity index (χ2v) is 4.18. The van der Waals surface area contributed by atoms with E-state index in [0.29, 0.717) is 13.1 Å². The molecule has 6 nitrogen and oxygen atoms in total. The molecule has 0 amide bonds. The quantitative estimate of drug-likeness (QED) is 0.322. The van der Waals surface area contributed by atoms with Gasteiger partial charge in [-0.1, -0.05) is 0 Å². The highest BCUT2D eigenvalue weighted by Gasteiger charge is 2.05. The molecule has 0 unspecified atom stereocenters. The van der Waals surface area contributed by atoms with Gasteiger partial charge in [-0.05, 0) is 27.7 Å². The van der Waals surface area contributed by atoms with Gasteiger partial charge in [-0.2, -0.15) is 0 Å². The number of aliphatic hydroxyl groups is 2. The van der Waals surface area contributed by atoms with Crippen LogP contribution in [0.1, 0.15) is 27.7 Å². The third kappa shape index (κ3) is 6.63. The van der Waals surface area contributed by atoms with Gasteiger partial charge < -0.3 is 10.2 Å². The number of ketones is 2. The van der Waals surface area contributed by atoms with Gasteiger partial charge >= 0.3 is 0 Å². The van der Waals surface area contributed by atoms with Crippen molar-refractivity contribution in [3.63, 3.8) is 0 Å². The molecule has 0 aliphatic carbocycles. The maximum absolute atomic E-state index is 11.1. The molecule has 0 bridgehead atoms. The Balaban J connectivity index is 4.48. The van der Waals surface area contributed by atoms with Gasteiger partial charge in [-0.3, -0.25) is 19.6 Å². The average molecular weight is 280 g/mol. The summed E-state index contributed by atoms with van der Waals surface area (Å²) in [6, 6.07) is 0. The van der Waals surface area contributed by atoms with E-state index in [1.54, 1.807) is 0 Å². The third-order valence-electron chi connectivity index (χ3n) is 2.34. The van der Waals surface area contributed by atoms with Gasteiger partial charge in [0.1, 0.15) is 11.5 Å². The first-order valence-electron chi connectivity index (χ1n) is 6.08. The highest BCUT2D eigenvalue weighted by molar-refractivity contribution is 6.13. The molecule has 0 aliphatic rings. The highest BCUT2D eigenvalue weighted by atomic mass is 16.3. The van der Waals surface area contributed by atoms with Crippen molar-refractivity contribution in [3.8, 4) is 0 Å². The molecule has 0 saturated heterocycles. The molecule has 0 saturated carbocycles. The molecule has 2 N–H and O–H groups in total. The summed E-state index contributed by atoms with van der Waals surface area (Å²) in [5.41, 5.74) is 0.314. The molecule has 0 aromatic rings. The monoisotopic (exact) mass is 280 g/mol. The largest absolute Gasteiger partial charge is 0.512 e. The first kappa shape index (κ1) is 17.8. The molecule has 0 heterocycles. The number of Topliss-reactive ketones (excluding diaryl/α,β-unsaturated/α-hetero) is 2. The van der Waals surface area contributed by atoms with Crippen molar-refractivity contribution in [3.05, 3.63) is 22.7 Å². The number of aliphatic imine (C=N–C) groups is 2. The van der Waals surface area contributed by atoms with Crippen molar-refractivity contribution in [1.29, 1.82) is 0 Å². The van der Waals surface area contributed by atoms with Gasteiger partial charge in [0, 0.05) is 12.4 Å². The number of hydrogen-bond donors (Lipinski definition) is 2. The molecule has 0 spiro atoms. The van der Waals surface area contributed by atoms with E-state index in [4.69, 9.17) is 0 Å². The molecule has 6 heteroatoms. The number of aliphatic hydroxyl groups excluding tert-OH is 2. The van der Waals surface area contributed by atoms with Crippen LogP contribution >= 0.6 is 0 Å². The second-order valence-electron chi connectivity index (χ2n) is 4.18. The lowest BCUT2D eigenvalue weighted by Crippen LogP contribution is -2.03. The lowest BCUT2D eigenvalue weighted by Gasteiger charge is -1.98. The Morgan fingerprint density at radius 3 is 1.30 bits per heavy atom. The lowest BCUT2D eigenvalue weighted by atomic mass is 10.2. The zero-order chi connectivity index (χ0) is 15.7. The fraction of sp³-hybridized carbons (Fsp3) is 0.429. The summed E-state index contributed by atoms with van der Waals surface area (Å²) in [5.74, 6) is -0.699. The van der Waals surface area contributed by atoms with Crippen LogP contribution in [-0.2, 0) is 9.59 Å².